The van der Waals surface area contributed by atoms with Crippen LogP contribution in [0, 0.1) is 5.92 Å². The Labute approximate surface area is 152 Å². The van der Waals surface area contributed by atoms with Gasteiger partial charge in [0.05, 0.1) is 5.92 Å². The Morgan fingerprint density at radius 3 is 2.68 bits per heavy atom. The molecule has 0 aromatic carbocycles. The molecule has 1 amide bonds. The van der Waals surface area contributed by atoms with Crippen molar-refractivity contribution in [3.8, 4) is 0 Å². The van der Waals surface area contributed by atoms with Crippen molar-refractivity contribution in [3.63, 3.8) is 0 Å². The van der Waals surface area contributed by atoms with Gasteiger partial charge in [-0.25, -0.2) is 0 Å². The number of rotatable bonds is 2. The molecule has 3 aliphatic rings. The van der Waals surface area contributed by atoms with Crippen LogP contribution in [0.4, 0.5) is 0 Å². The van der Waals surface area contributed by atoms with Crippen LogP contribution in [0.15, 0.2) is 33.8 Å². The summed E-state index contributed by atoms with van der Waals surface area (Å²) in [7, 11) is 0. The highest BCUT2D eigenvalue weighted by molar-refractivity contribution is 7.10. The maximum Gasteiger partial charge on any atom is 0.252 e. The molecule has 1 aromatic heterocycles. The average molecular weight is 356 g/mol. The molecule has 1 aromatic rings. The summed E-state index contributed by atoms with van der Waals surface area (Å²) >= 11 is 1.64. The van der Waals surface area contributed by atoms with Gasteiger partial charge in [-0.1, -0.05) is 6.07 Å². The highest BCUT2D eigenvalue weighted by Crippen LogP contribution is 2.44. The van der Waals surface area contributed by atoms with Gasteiger partial charge in [-0.3, -0.25) is 14.6 Å². The number of amides is 1. The van der Waals surface area contributed by atoms with Crippen molar-refractivity contribution >= 4 is 28.7 Å². The molecule has 4 rings (SSSR count). The molecule has 132 valence electrons. The second kappa shape index (κ2) is 6.87. The lowest BCUT2D eigenvalue weighted by Crippen LogP contribution is -2.43. The monoisotopic (exact) mass is 356 g/mol. The van der Waals surface area contributed by atoms with Crippen LogP contribution in [-0.2, 0) is 9.59 Å². The van der Waals surface area contributed by atoms with Gasteiger partial charge in [-0.2, -0.15) is 0 Å². The van der Waals surface area contributed by atoms with E-state index in [0.717, 1.165) is 60.6 Å². The lowest BCUT2D eigenvalue weighted by Gasteiger charge is -2.37. The molecule has 25 heavy (non-hydrogen) atoms. The molecule has 2 fully saturated rings. The van der Waals surface area contributed by atoms with Crippen molar-refractivity contribution in [2.24, 2.45) is 10.9 Å². The fourth-order valence-corrected chi connectivity index (χ4v) is 5.31. The van der Waals surface area contributed by atoms with Crippen molar-refractivity contribution < 1.29 is 9.59 Å². The second-order valence-corrected chi connectivity index (χ2v) is 8.22. The number of carbonyl (C=O) groups excluding carboxylic acids is 2. The number of allylic oxidation sites excluding steroid dienone is 1. The zero-order valence-corrected chi connectivity index (χ0v) is 15.5. The van der Waals surface area contributed by atoms with Gasteiger partial charge in [0.2, 0.25) is 0 Å². The van der Waals surface area contributed by atoms with E-state index in [-0.39, 0.29) is 23.5 Å². The Morgan fingerprint density at radius 2 is 1.96 bits per heavy atom. The van der Waals surface area contributed by atoms with Gasteiger partial charge >= 0.3 is 0 Å². The fraction of sp³-hybridized carbons (Fsp3) is 0.550. The molecule has 5 heteroatoms. The average Bonchev–Trinajstić information content (AvgIpc) is 3.15. The predicted molar refractivity (Wildman–Crippen MR) is 100.0 cm³/mol. The summed E-state index contributed by atoms with van der Waals surface area (Å²) in [6, 6.07) is 4.08. The summed E-state index contributed by atoms with van der Waals surface area (Å²) in [5.74, 6) is -0.0359. The van der Waals surface area contributed by atoms with E-state index < -0.39 is 0 Å². The van der Waals surface area contributed by atoms with Crippen molar-refractivity contribution in [1.29, 1.82) is 0 Å². The van der Waals surface area contributed by atoms with Crippen LogP contribution in [-0.4, -0.2) is 35.4 Å². The summed E-state index contributed by atoms with van der Waals surface area (Å²) in [4.78, 5) is 33.9. The van der Waals surface area contributed by atoms with Gasteiger partial charge in [0.1, 0.15) is 5.78 Å². The van der Waals surface area contributed by atoms with E-state index in [0.29, 0.717) is 6.42 Å². The van der Waals surface area contributed by atoms with Crippen LogP contribution in [0.1, 0.15) is 56.2 Å². The maximum absolute atomic E-state index is 13.3. The third-order valence-corrected chi connectivity index (χ3v) is 6.59. The number of Topliss-reactive ketones (excluding diaryl/α,β-unsaturated/α-hetero) is 1. The SMILES string of the molecule is CC1=C(C(=O)N2CCCCC2)C(c2cccs2)C2C(=O)CCCC2=N1. The number of aliphatic imine (C=N–C) groups is 1. The Balaban J connectivity index is 1.78. The number of carbonyl (C=O) groups is 2. The third kappa shape index (κ3) is 2.99. The first-order chi connectivity index (χ1) is 12.2. The Morgan fingerprint density at radius 1 is 1.16 bits per heavy atom. The first kappa shape index (κ1) is 16.7. The minimum atomic E-state index is -0.236. The van der Waals surface area contributed by atoms with E-state index in [1.165, 1.54) is 6.42 Å². The number of likely N-dealkylation sites (tertiary alicyclic amines) is 1. The minimum absolute atomic E-state index is 0.0942. The van der Waals surface area contributed by atoms with Crippen molar-refractivity contribution in [2.45, 2.75) is 51.4 Å². The van der Waals surface area contributed by atoms with Gasteiger partial charge in [0.15, 0.2) is 0 Å². The van der Waals surface area contributed by atoms with Crippen LogP contribution >= 0.6 is 11.3 Å². The standard InChI is InChI=1S/C20H24N2O2S/c1-13-17(20(24)22-10-3-2-4-11-22)19(16-9-6-12-25-16)18-14(21-13)7-5-8-15(18)23/h6,9,12,18-19H,2-5,7-8,10-11H2,1H3. The fourth-order valence-electron chi connectivity index (χ4n) is 4.44. The molecule has 1 aliphatic carbocycles. The molecule has 2 aliphatic heterocycles. The van der Waals surface area contributed by atoms with E-state index in [2.05, 4.69) is 6.07 Å². The summed E-state index contributed by atoms with van der Waals surface area (Å²) in [5, 5.41) is 2.03. The molecule has 2 atom stereocenters. The van der Waals surface area contributed by atoms with Crippen molar-refractivity contribution in [2.75, 3.05) is 13.1 Å². The van der Waals surface area contributed by atoms with E-state index in [1.807, 2.05) is 23.3 Å². The topological polar surface area (TPSA) is 49.7 Å². The van der Waals surface area contributed by atoms with Gasteiger partial charge in [-0.05, 0) is 50.5 Å². The van der Waals surface area contributed by atoms with Crippen LogP contribution in [0.25, 0.3) is 0 Å². The molecule has 4 nitrogen and oxygen atoms in total. The lowest BCUT2D eigenvalue weighted by atomic mass is 9.71. The number of fused-ring (bicyclic) bond motifs is 1. The summed E-state index contributed by atoms with van der Waals surface area (Å²) in [6.07, 6.45) is 5.70. The van der Waals surface area contributed by atoms with Crippen LogP contribution < -0.4 is 0 Å². The summed E-state index contributed by atoms with van der Waals surface area (Å²) < 4.78 is 0. The minimum Gasteiger partial charge on any atom is -0.339 e. The largest absolute Gasteiger partial charge is 0.339 e. The zero-order chi connectivity index (χ0) is 17.4. The molecule has 1 saturated heterocycles. The van der Waals surface area contributed by atoms with E-state index >= 15 is 0 Å². The predicted octanol–water partition coefficient (Wildman–Crippen LogP) is 3.94. The summed E-state index contributed by atoms with van der Waals surface area (Å²) in [6.45, 7) is 3.59. The maximum atomic E-state index is 13.3. The smallest absolute Gasteiger partial charge is 0.252 e. The quantitative estimate of drug-likeness (QED) is 0.806. The van der Waals surface area contributed by atoms with E-state index in [4.69, 9.17) is 4.99 Å². The number of nitrogens with zero attached hydrogens (tertiary/aromatic N) is 2. The number of thiophene rings is 1. The van der Waals surface area contributed by atoms with Crippen LogP contribution in [0.5, 0.6) is 0 Å². The molecule has 3 heterocycles. The highest BCUT2D eigenvalue weighted by atomic mass is 32.1. The third-order valence-electron chi connectivity index (χ3n) is 5.63. The molecule has 0 N–H and O–H groups in total. The van der Waals surface area contributed by atoms with Crippen LogP contribution in [0.2, 0.25) is 0 Å². The number of ketones is 1. The highest BCUT2D eigenvalue weighted by Gasteiger charge is 2.44. The van der Waals surface area contributed by atoms with Crippen molar-refractivity contribution in [3.05, 3.63) is 33.7 Å². The molecular formula is C20H24N2O2S. The normalized spacial score (nSPS) is 27.2. The zero-order valence-electron chi connectivity index (χ0n) is 14.7. The number of hydrogen-bond donors (Lipinski definition) is 0. The molecule has 0 spiro atoms. The molecular weight excluding hydrogens is 332 g/mol. The molecule has 0 radical (unpaired) electrons. The number of hydrogen-bond acceptors (Lipinski definition) is 4. The first-order valence-corrected chi connectivity index (χ1v) is 10.2. The Hall–Kier alpha value is -1.75. The summed E-state index contributed by atoms with van der Waals surface area (Å²) in [5.41, 5.74) is 2.56. The van der Waals surface area contributed by atoms with E-state index in [1.54, 1.807) is 11.3 Å². The van der Waals surface area contributed by atoms with Crippen molar-refractivity contribution in [1.82, 2.24) is 4.90 Å². The lowest BCUT2D eigenvalue weighted by molar-refractivity contribution is -0.128. The van der Waals surface area contributed by atoms with E-state index in [9.17, 15) is 9.59 Å². The molecule has 0 bridgehead atoms. The molecule has 1 saturated carbocycles. The Kier molecular flexibility index (Phi) is 4.59. The second-order valence-electron chi connectivity index (χ2n) is 7.25. The first-order valence-electron chi connectivity index (χ1n) is 9.30. The van der Waals surface area contributed by atoms with Gasteiger partial charge in [0.25, 0.3) is 5.91 Å². The number of piperidine rings is 1. The van der Waals surface area contributed by atoms with Gasteiger partial charge in [-0.15, -0.1) is 11.3 Å². The van der Waals surface area contributed by atoms with Crippen LogP contribution in [0.3, 0.4) is 0 Å². The Bertz CT molecular complexity index is 742. The van der Waals surface area contributed by atoms with Gasteiger partial charge < -0.3 is 4.90 Å². The molecule has 2 unspecified atom stereocenters. The van der Waals surface area contributed by atoms with Gasteiger partial charge in [0, 0.05) is 47.3 Å².